The molecule has 0 aliphatic heterocycles. The first-order valence-corrected chi connectivity index (χ1v) is 8.03. The summed E-state index contributed by atoms with van der Waals surface area (Å²) in [5.74, 6) is 0.296. The van der Waals surface area contributed by atoms with Gasteiger partial charge in [-0.1, -0.05) is 42.5 Å². The van der Waals surface area contributed by atoms with Crippen molar-refractivity contribution in [2.75, 3.05) is 0 Å². The number of aromatic nitrogens is 1. The van der Waals surface area contributed by atoms with Gasteiger partial charge in [0.25, 0.3) is 0 Å². The van der Waals surface area contributed by atoms with Crippen LogP contribution < -0.4 is 0 Å². The monoisotopic (exact) mass is 309 g/mol. The molecule has 114 valence electrons. The Balaban J connectivity index is 2.05. The van der Waals surface area contributed by atoms with Crippen molar-refractivity contribution >= 4 is 32.4 Å². The van der Waals surface area contributed by atoms with Crippen molar-refractivity contribution in [1.82, 2.24) is 4.57 Å². The molecule has 1 N–H and O–H groups in total. The van der Waals surface area contributed by atoms with Gasteiger partial charge >= 0.3 is 0 Å². The molecular formula is C22H15NO. The summed E-state index contributed by atoms with van der Waals surface area (Å²) >= 11 is 0. The second-order valence-electron chi connectivity index (χ2n) is 6.06. The first kappa shape index (κ1) is 13.2. The highest BCUT2D eigenvalue weighted by molar-refractivity contribution is 6.25. The SMILES string of the molecule is Oc1ccc2c(c1)c1ccccc1c1ccn(-c3ccccc3)c12. The zero-order valence-electron chi connectivity index (χ0n) is 13.0. The third kappa shape index (κ3) is 1.77. The van der Waals surface area contributed by atoms with E-state index in [-0.39, 0.29) is 0 Å². The topological polar surface area (TPSA) is 25.2 Å². The van der Waals surface area contributed by atoms with E-state index in [4.69, 9.17) is 0 Å². The summed E-state index contributed by atoms with van der Waals surface area (Å²) in [5.41, 5.74) is 2.31. The van der Waals surface area contributed by atoms with Crippen molar-refractivity contribution in [2.24, 2.45) is 0 Å². The number of fused-ring (bicyclic) bond motifs is 6. The van der Waals surface area contributed by atoms with E-state index in [1.54, 1.807) is 6.07 Å². The molecule has 4 aromatic carbocycles. The fourth-order valence-electron chi connectivity index (χ4n) is 3.64. The number of benzene rings is 4. The van der Waals surface area contributed by atoms with Crippen molar-refractivity contribution in [2.45, 2.75) is 0 Å². The van der Waals surface area contributed by atoms with Crippen LogP contribution in [0.25, 0.3) is 38.1 Å². The Kier molecular flexibility index (Phi) is 2.68. The van der Waals surface area contributed by atoms with Gasteiger partial charge in [0.2, 0.25) is 0 Å². The lowest BCUT2D eigenvalue weighted by Gasteiger charge is -2.11. The molecule has 24 heavy (non-hydrogen) atoms. The lowest BCUT2D eigenvalue weighted by Crippen LogP contribution is -1.92. The number of aromatic hydroxyl groups is 1. The highest BCUT2D eigenvalue weighted by Gasteiger charge is 2.13. The fourth-order valence-corrected chi connectivity index (χ4v) is 3.64. The molecule has 0 amide bonds. The van der Waals surface area contributed by atoms with E-state index in [1.807, 2.05) is 24.3 Å². The third-order valence-electron chi connectivity index (χ3n) is 4.69. The average Bonchev–Trinajstić information content (AvgIpc) is 3.08. The third-order valence-corrected chi connectivity index (χ3v) is 4.69. The van der Waals surface area contributed by atoms with E-state index in [2.05, 4.69) is 59.3 Å². The van der Waals surface area contributed by atoms with E-state index in [0.29, 0.717) is 5.75 Å². The van der Waals surface area contributed by atoms with Crippen LogP contribution >= 0.6 is 0 Å². The van der Waals surface area contributed by atoms with Gasteiger partial charge in [0.1, 0.15) is 5.75 Å². The van der Waals surface area contributed by atoms with E-state index in [9.17, 15) is 5.11 Å². The van der Waals surface area contributed by atoms with Crippen LogP contribution in [0.5, 0.6) is 5.75 Å². The number of rotatable bonds is 1. The quantitative estimate of drug-likeness (QED) is 0.398. The first-order valence-electron chi connectivity index (χ1n) is 8.03. The number of phenolic OH excluding ortho intramolecular Hbond substituents is 1. The molecule has 0 atom stereocenters. The summed E-state index contributed by atoms with van der Waals surface area (Å²) < 4.78 is 2.22. The molecule has 1 heterocycles. The van der Waals surface area contributed by atoms with Gasteiger partial charge in [0, 0.05) is 22.7 Å². The fraction of sp³-hybridized carbons (Fsp3) is 0. The molecule has 1 aromatic heterocycles. The van der Waals surface area contributed by atoms with Crippen molar-refractivity contribution in [1.29, 1.82) is 0 Å². The Morgan fingerprint density at radius 2 is 1.25 bits per heavy atom. The minimum absolute atomic E-state index is 0.296. The second-order valence-corrected chi connectivity index (χ2v) is 6.06. The van der Waals surface area contributed by atoms with Crippen molar-refractivity contribution in [3.05, 3.63) is 85.1 Å². The van der Waals surface area contributed by atoms with E-state index >= 15 is 0 Å². The zero-order chi connectivity index (χ0) is 16.1. The predicted octanol–water partition coefficient (Wildman–Crippen LogP) is 5.64. The van der Waals surface area contributed by atoms with E-state index in [0.717, 1.165) is 16.5 Å². The number of hydrogen-bond acceptors (Lipinski definition) is 1. The molecule has 0 saturated heterocycles. The largest absolute Gasteiger partial charge is 0.508 e. The highest BCUT2D eigenvalue weighted by Crippen LogP contribution is 2.37. The molecule has 2 heteroatoms. The molecule has 0 fully saturated rings. The van der Waals surface area contributed by atoms with Gasteiger partial charge in [-0.3, -0.25) is 0 Å². The van der Waals surface area contributed by atoms with Gasteiger partial charge in [-0.15, -0.1) is 0 Å². The summed E-state index contributed by atoms with van der Waals surface area (Å²) in [7, 11) is 0. The van der Waals surface area contributed by atoms with Crippen LogP contribution in [-0.4, -0.2) is 9.67 Å². The Hall–Kier alpha value is -3.26. The molecule has 0 aliphatic carbocycles. The standard InChI is InChI=1S/C22H15NO/c24-16-10-11-19-21(14-16)18-9-5-4-8-17(18)20-12-13-23(22(19)20)15-6-2-1-3-7-15/h1-14,24H. The number of hydrogen-bond donors (Lipinski definition) is 1. The zero-order valence-corrected chi connectivity index (χ0v) is 13.0. The molecule has 0 radical (unpaired) electrons. The summed E-state index contributed by atoms with van der Waals surface area (Å²) in [4.78, 5) is 0. The van der Waals surface area contributed by atoms with E-state index in [1.165, 1.54) is 21.7 Å². The minimum atomic E-state index is 0.296. The highest BCUT2D eigenvalue weighted by atomic mass is 16.3. The molecule has 0 aliphatic rings. The molecular weight excluding hydrogens is 294 g/mol. The normalized spacial score (nSPS) is 11.5. The summed E-state index contributed by atoms with van der Waals surface area (Å²) in [6.45, 7) is 0. The maximum atomic E-state index is 9.99. The van der Waals surface area contributed by atoms with Gasteiger partial charge < -0.3 is 9.67 Å². The Bertz CT molecular complexity index is 1200. The molecule has 0 bridgehead atoms. The van der Waals surface area contributed by atoms with Crippen molar-refractivity contribution in [3.63, 3.8) is 0 Å². The smallest absolute Gasteiger partial charge is 0.116 e. The molecule has 0 saturated carbocycles. The second kappa shape index (κ2) is 4.87. The predicted molar refractivity (Wildman–Crippen MR) is 100.0 cm³/mol. The maximum Gasteiger partial charge on any atom is 0.116 e. The summed E-state index contributed by atoms with van der Waals surface area (Å²) in [5, 5.41) is 15.8. The van der Waals surface area contributed by atoms with Gasteiger partial charge in [0.05, 0.1) is 5.52 Å². The van der Waals surface area contributed by atoms with Crippen LogP contribution in [0.4, 0.5) is 0 Å². The van der Waals surface area contributed by atoms with Crippen molar-refractivity contribution in [3.8, 4) is 11.4 Å². The first-order chi connectivity index (χ1) is 11.8. The summed E-state index contributed by atoms with van der Waals surface area (Å²) in [6, 6.07) is 26.6. The van der Waals surface area contributed by atoms with Crippen LogP contribution in [0.3, 0.4) is 0 Å². The Labute approximate surface area is 139 Å². The Morgan fingerprint density at radius 1 is 0.583 bits per heavy atom. The lowest BCUT2D eigenvalue weighted by molar-refractivity contribution is 0.476. The molecule has 5 rings (SSSR count). The van der Waals surface area contributed by atoms with Gasteiger partial charge in [-0.05, 0) is 52.6 Å². The average molecular weight is 309 g/mol. The molecule has 2 nitrogen and oxygen atoms in total. The van der Waals surface area contributed by atoms with Crippen LogP contribution in [0.2, 0.25) is 0 Å². The number of para-hydroxylation sites is 1. The minimum Gasteiger partial charge on any atom is -0.508 e. The molecule has 0 spiro atoms. The maximum absolute atomic E-state index is 9.99. The van der Waals surface area contributed by atoms with Gasteiger partial charge in [-0.2, -0.15) is 0 Å². The van der Waals surface area contributed by atoms with Gasteiger partial charge in [-0.25, -0.2) is 0 Å². The Morgan fingerprint density at radius 3 is 2.04 bits per heavy atom. The van der Waals surface area contributed by atoms with Crippen LogP contribution in [0, 0.1) is 0 Å². The summed E-state index contributed by atoms with van der Waals surface area (Å²) in [6.07, 6.45) is 2.12. The van der Waals surface area contributed by atoms with Crippen molar-refractivity contribution < 1.29 is 5.11 Å². The van der Waals surface area contributed by atoms with E-state index < -0.39 is 0 Å². The molecule has 0 unspecified atom stereocenters. The number of nitrogens with zero attached hydrogens (tertiary/aromatic N) is 1. The molecule has 5 aromatic rings. The lowest BCUT2D eigenvalue weighted by atomic mass is 9.98. The van der Waals surface area contributed by atoms with Gasteiger partial charge in [0.15, 0.2) is 0 Å². The van der Waals surface area contributed by atoms with Crippen LogP contribution in [0.1, 0.15) is 0 Å². The van der Waals surface area contributed by atoms with Crippen LogP contribution in [-0.2, 0) is 0 Å². The number of phenols is 1. The van der Waals surface area contributed by atoms with Crippen LogP contribution in [0.15, 0.2) is 85.1 Å².